The van der Waals surface area contributed by atoms with Gasteiger partial charge in [0.15, 0.2) is 11.5 Å². The highest BCUT2D eigenvalue weighted by Crippen LogP contribution is 2.44. The number of methoxy groups -OCH3 is 2. The summed E-state index contributed by atoms with van der Waals surface area (Å²) in [5, 5.41) is 4.22. The summed E-state index contributed by atoms with van der Waals surface area (Å²) in [6, 6.07) is 12.7. The lowest BCUT2D eigenvalue weighted by atomic mass is 10.1. The number of nitrogens with one attached hydrogen (secondary N) is 1. The van der Waals surface area contributed by atoms with E-state index >= 15 is 0 Å². The Morgan fingerprint density at radius 1 is 1.03 bits per heavy atom. The molecule has 2 aromatic carbocycles. The molecule has 0 saturated heterocycles. The summed E-state index contributed by atoms with van der Waals surface area (Å²) in [6.45, 7) is 3.87. The number of fused-ring (bicyclic) bond motifs is 1. The molecule has 0 unspecified atom stereocenters. The number of thiazole rings is 1. The van der Waals surface area contributed by atoms with Crippen molar-refractivity contribution in [2.45, 2.75) is 13.8 Å². The Morgan fingerprint density at radius 3 is 2.48 bits per heavy atom. The van der Waals surface area contributed by atoms with E-state index < -0.39 is 5.97 Å². The molecule has 4 aromatic rings. The Bertz CT molecular complexity index is 1310. The smallest absolute Gasteiger partial charge is 0.348 e. The molecule has 0 aliphatic carbocycles. The maximum Gasteiger partial charge on any atom is 0.348 e. The summed E-state index contributed by atoms with van der Waals surface area (Å²) in [6.07, 6.45) is 0. The van der Waals surface area contributed by atoms with E-state index in [1.807, 2.05) is 31.2 Å². The topological polar surface area (TPSA) is 86.8 Å². The predicted molar refractivity (Wildman–Crippen MR) is 131 cm³/mol. The maximum atomic E-state index is 13.1. The van der Waals surface area contributed by atoms with Crippen LogP contribution in [0.1, 0.15) is 32.5 Å². The largest absolute Gasteiger partial charge is 0.493 e. The molecule has 0 atom stereocenters. The van der Waals surface area contributed by atoms with Gasteiger partial charge in [0, 0.05) is 11.1 Å². The first-order valence-electron chi connectivity index (χ1n) is 10.2. The minimum absolute atomic E-state index is 0.264. The second-order valence-electron chi connectivity index (χ2n) is 6.99. The van der Waals surface area contributed by atoms with Crippen molar-refractivity contribution in [3.05, 3.63) is 58.5 Å². The van der Waals surface area contributed by atoms with Gasteiger partial charge in [-0.15, -0.1) is 22.7 Å². The van der Waals surface area contributed by atoms with Crippen molar-refractivity contribution in [2.75, 3.05) is 26.1 Å². The number of hydrogen-bond acceptors (Lipinski definition) is 8. The Hall–Kier alpha value is -3.43. The van der Waals surface area contributed by atoms with Crippen LogP contribution in [0.2, 0.25) is 0 Å². The van der Waals surface area contributed by atoms with Gasteiger partial charge in [0.1, 0.15) is 14.9 Å². The van der Waals surface area contributed by atoms with E-state index in [-0.39, 0.29) is 12.5 Å². The van der Waals surface area contributed by atoms with Gasteiger partial charge in [0.05, 0.1) is 31.0 Å². The van der Waals surface area contributed by atoms with Gasteiger partial charge in [-0.3, -0.25) is 4.79 Å². The molecule has 2 heterocycles. The zero-order chi connectivity index (χ0) is 23.5. The van der Waals surface area contributed by atoms with Gasteiger partial charge >= 0.3 is 5.97 Å². The lowest BCUT2D eigenvalue weighted by Crippen LogP contribution is -2.11. The first-order valence-corrected chi connectivity index (χ1v) is 11.8. The Kier molecular flexibility index (Phi) is 6.62. The van der Waals surface area contributed by atoms with Gasteiger partial charge in [-0.05, 0) is 49.7 Å². The van der Waals surface area contributed by atoms with Crippen molar-refractivity contribution in [3.8, 4) is 22.1 Å². The van der Waals surface area contributed by atoms with Gasteiger partial charge in [0.25, 0.3) is 5.91 Å². The fraction of sp³-hybridized carbons (Fsp3) is 0.208. The second-order valence-corrected chi connectivity index (χ2v) is 9.04. The standard InChI is InChI=1S/C24H22N2O5S2/c1-5-31-24(28)20-13(2)19(22-25-15-8-6-7-9-18(15)32-22)23(33-20)26-21(27)14-10-11-16(29-3)17(12-14)30-4/h6-12H,5H2,1-4H3,(H,26,27). The molecule has 0 fully saturated rings. The predicted octanol–water partition coefficient (Wildman–Crippen LogP) is 5.78. The molecule has 0 aliphatic rings. The number of nitrogens with zero attached hydrogens (tertiary/aromatic N) is 1. The number of benzene rings is 2. The number of amides is 1. The molecule has 9 heteroatoms. The van der Waals surface area contributed by atoms with Gasteiger partial charge in [-0.2, -0.15) is 0 Å². The second kappa shape index (κ2) is 9.60. The SMILES string of the molecule is CCOC(=O)c1sc(NC(=O)c2ccc(OC)c(OC)c2)c(-c2nc3ccccc3s2)c1C. The van der Waals surface area contributed by atoms with Gasteiger partial charge in [0.2, 0.25) is 0 Å². The third-order valence-electron chi connectivity index (χ3n) is 4.99. The average molecular weight is 483 g/mol. The highest BCUT2D eigenvalue weighted by atomic mass is 32.1. The first kappa shape index (κ1) is 22.8. The Morgan fingerprint density at radius 2 is 1.79 bits per heavy atom. The van der Waals surface area contributed by atoms with E-state index in [9.17, 15) is 9.59 Å². The highest BCUT2D eigenvalue weighted by Gasteiger charge is 2.26. The van der Waals surface area contributed by atoms with Crippen LogP contribution < -0.4 is 14.8 Å². The monoisotopic (exact) mass is 482 g/mol. The third-order valence-corrected chi connectivity index (χ3v) is 7.23. The minimum atomic E-state index is -0.422. The average Bonchev–Trinajstić information content (AvgIpc) is 3.38. The number of ether oxygens (including phenoxy) is 3. The third kappa shape index (κ3) is 4.42. The van der Waals surface area contributed by atoms with Crippen LogP contribution >= 0.6 is 22.7 Å². The molecule has 7 nitrogen and oxygen atoms in total. The molecule has 33 heavy (non-hydrogen) atoms. The molecular weight excluding hydrogens is 460 g/mol. The van der Waals surface area contributed by atoms with Crippen LogP contribution in [0.3, 0.4) is 0 Å². The number of thiophene rings is 1. The minimum Gasteiger partial charge on any atom is -0.493 e. The van der Waals surface area contributed by atoms with Crippen molar-refractivity contribution >= 4 is 49.8 Å². The molecular formula is C24H22N2O5S2. The Balaban J connectivity index is 1.77. The van der Waals surface area contributed by atoms with E-state index in [0.29, 0.717) is 26.9 Å². The lowest BCUT2D eigenvalue weighted by Gasteiger charge is -2.10. The van der Waals surface area contributed by atoms with Crippen LogP contribution in [-0.4, -0.2) is 37.7 Å². The van der Waals surface area contributed by atoms with Gasteiger partial charge in [-0.25, -0.2) is 9.78 Å². The van der Waals surface area contributed by atoms with Crippen LogP contribution in [0.25, 0.3) is 20.8 Å². The zero-order valence-electron chi connectivity index (χ0n) is 18.6. The van der Waals surface area contributed by atoms with Crippen LogP contribution in [0, 0.1) is 6.92 Å². The highest BCUT2D eigenvalue weighted by molar-refractivity contribution is 7.23. The molecule has 2 aromatic heterocycles. The summed E-state index contributed by atoms with van der Waals surface area (Å²) in [5.41, 5.74) is 2.70. The number of para-hydroxylation sites is 1. The van der Waals surface area contributed by atoms with Crippen LogP contribution in [0.4, 0.5) is 5.00 Å². The van der Waals surface area contributed by atoms with Gasteiger partial charge < -0.3 is 19.5 Å². The fourth-order valence-electron chi connectivity index (χ4n) is 3.38. The Labute approximate surface area is 198 Å². The fourth-order valence-corrected chi connectivity index (χ4v) is 5.62. The summed E-state index contributed by atoms with van der Waals surface area (Å²) < 4.78 is 16.8. The van der Waals surface area contributed by atoms with E-state index in [4.69, 9.17) is 19.2 Å². The molecule has 0 aliphatic heterocycles. The molecule has 170 valence electrons. The number of carbonyl (C=O) groups excluding carboxylic acids is 2. The van der Waals surface area contributed by atoms with Crippen LogP contribution in [0.15, 0.2) is 42.5 Å². The van der Waals surface area contributed by atoms with E-state index in [1.54, 1.807) is 25.1 Å². The van der Waals surface area contributed by atoms with Crippen molar-refractivity contribution in [3.63, 3.8) is 0 Å². The summed E-state index contributed by atoms with van der Waals surface area (Å²) in [5.74, 6) is 0.218. The van der Waals surface area contributed by atoms with E-state index in [2.05, 4.69) is 5.32 Å². The summed E-state index contributed by atoms with van der Waals surface area (Å²) >= 11 is 2.69. The van der Waals surface area contributed by atoms with Crippen molar-refractivity contribution in [2.24, 2.45) is 0 Å². The number of hydrogen-bond donors (Lipinski definition) is 1. The zero-order valence-corrected chi connectivity index (χ0v) is 20.2. The molecule has 0 bridgehead atoms. The molecule has 4 rings (SSSR count). The van der Waals surface area contributed by atoms with Crippen molar-refractivity contribution in [1.29, 1.82) is 0 Å². The molecule has 0 saturated carbocycles. The summed E-state index contributed by atoms with van der Waals surface area (Å²) in [7, 11) is 3.05. The quantitative estimate of drug-likeness (QED) is 0.336. The molecule has 1 amide bonds. The number of rotatable bonds is 7. The number of anilines is 1. The number of esters is 1. The molecule has 0 radical (unpaired) electrons. The van der Waals surface area contributed by atoms with Crippen LogP contribution in [0.5, 0.6) is 11.5 Å². The maximum absolute atomic E-state index is 13.1. The molecule has 0 spiro atoms. The molecule has 1 N–H and O–H groups in total. The number of carbonyl (C=O) groups is 2. The van der Waals surface area contributed by atoms with Crippen molar-refractivity contribution in [1.82, 2.24) is 4.98 Å². The van der Waals surface area contributed by atoms with Crippen LogP contribution in [-0.2, 0) is 4.74 Å². The normalized spacial score (nSPS) is 10.8. The summed E-state index contributed by atoms with van der Waals surface area (Å²) in [4.78, 5) is 30.9. The number of aromatic nitrogens is 1. The first-order chi connectivity index (χ1) is 16.0. The van der Waals surface area contributed by atoms with E-state index in [0.717, 1.165) is 26.4 Å². The van der Waals surface area contributed by atoms with E-state index in [1.165, 1.54) is 36.9 Å². The van der Waals surface area contributed by atoms with Gasteiger partial charge in [-0.1, -0.05) is 12.1 Å². The van der Waals surface area contributed by atoms with Crippen molar-refractivity contribution < 1.29 is 23.8 Å². The lowest BCUT2D eigenvalue weighted by molar-refractivity contribution is 0.0531.